The van der Waals surface area contributed by atoms with Gasteiger partial charge in [0.25, 0.3) is 0 Å². The summed E-state index contributed by atoms with van der Waals surface area (Å²) in [6.45, 7) is 8.20. The molecule has 0 aliphatic rings. The quantitative estimate of drug-likeness (QED) is 0.508. The van der Waals surface area contributed by atoms with Gasteiger partial charge < -0.3 is 15.4 Å². The first-order chi connectivity index (χ1) is 6.07. The number of hydrogen-bond donors (Lipinski definition) is 1. The van der Waals surface area contributed by atoms with Gasteiger partial charge >= 0.3 is 0 Å². The summed E-state index contributed by atoms with van der Waals surface area (Å²) in [6, 6.07) is 0. The van der Waals surface area contributed by atoms with Gasteiger partial charge in [-0.05, 0) is 20.8 Å². The lowest BCUT2D eigenvalue weighted by Crippen LogP contribution is -2.36. The first kappa shape index (κ1) is 12.2. The van der Waals surface area contributed by atoms with Crippen LogP contribution >= 0.6 is 0 Å². The van der Waals surface area contributed by atoms with E-state index < -0.39 is 0 Å². The lowest BCUT2D eigenvalue weighted by molar-refractivity contribution is 0.0723. The number of ether oxygens (including phenoxy) is 1. The predicted octanol–water partition coefficient (Wildman–Crippen LogP) is 0.678. The third kappa shape index (κ3) is 6.40. The maximum Gasteiger partial charge on any atom is 0.191 e. The van der Waals surface area contributed by atoms with Crippen molar-refractivity contribution in [1.82, 2.24) is 4.90 Å². The zero-order chi connectivity index (χ0) is 10.3. The van der Waals surface area contributed by atoms with Crippen LogP contribution in [0, 0.1) is 0 Å². The molecule has 0 aromatic rings. The summed E-state index contributed by atoms with van der Waals surface area (Å²) < 4.78 is 5.39. The Hall–Kier alpha value is -0.770. The fraction of sp³-hybridized carbons (Fsp3) is 0.889. The molecular formula is C9H21N3O. The molecule has 0 fully saturated rings. The van der Waals surface area contributed by atoms with Gasteiger partial charge in [-0.15, -0.1) is 0 Å². The number of aliphatic imine (C=N–C) groups is 1. The second kappa shape index (κ2) is 6.71. The Bertz CT molecular complexity index is 157. The molecule has 0 aromatic carbocycles. The summed E-state index contributed by atoms with van der Waals surface area (Å²) in [6.07, 6.45) is 0.276. The van der Waals surface area contributed by atoms with Crippen molar-refractivity contribution in [2.24, 2.45) is 10.7 Å². The molecule has 0 heterocycles. The van der Waals surface area contributed by atoms with E-state index >= 15 is 0 Å². The van der Waals surface area contributed by atoms with Crippen LogP contribution in [0.25, 0.3) is 0 Å². The number of guanidine groups is 1. The molecule has 0 atom stereocenters. The summed E-state index contributed by atoms with van der Waals surface area (Å²) in [7, 11) is 1.91. The van der Waals surface area contributed by atoms with Gasteiger partial charge in [-0.1, -0.05) is 0 Å². The number of likely N-dealkylation sites (N-methyl/N-ethyl adjacent to an activating group) is 1. The minimum absolute atomic E-state index is 0.276. The second-order valence-electron chi connectivity index (χ2n) is 3.17. The summed E-state index contributed by atoms with van der Waals surface area (Å²) in [5, 5.41) is 0. The average Bonchev–Trinajstić information content (AvgIpc) is 2.04. The normalized spacial score (nSPS) is 12.2. The van der Waals surface area contributed by atoms with E-state index in [1.807, 2.05) is 32.7 Å². The van der Waals surface area contributed by atoms with Crippen LogP contribution in [0.4, 0.5) is 0 Å². The lowest BCUT2D eigenvalue weighted by atomic mass is 10.5. The van der Waals surface area contributed by atoms with Crippen LogP contribution in [-0.2, 0) is 4.74 Å². The molecule has 0 saturated carbocycles. The Kier molecular flexibility index (Phi) is 6.32. The van der Waals surface area contributed by atoms with E-state index in [0.29, 0.717) is 12.6 Å². The third-order valence-electron chi connectivity index (χ3n) is 1.59. The third-order valence-corrected chi connectivity index (χ3v) is 1.59. The van der Waals surface area contributed by atoms with Crippen molar-refractivity contribution in [2.45, 2.75) is 26.9 Å². The van der Waals surface area contributed by atoms with E-state index in [4.69, 9.17) is 10.5 Å². The summed E-state index contributed by atoms with van der Waals surface area (Å²) in [5.74, 6) is 0.579. The molecule has 0 bridgehead atoms. The second-order valence-corrected chi connectivity index (χ2v) is 3.17. The van der Waals surface area contributed by atoms with Gasteiger partial charge in [0.15, 0.2) is 5.96 Å². The highest BCUT2D eigenvalue weighted by molar-refractivity contribution is 5.77. The van der Waals surface area contributed by atoms with Crippen molar-refractivity contribution >= 4 is 5.96 Å². The van der Waals surface area contributed by atoms with Gasteiger partial charge in [0.2, 0.25) is 0 Å². The van der Waals surface area contributed by atoms with E-state index in [9.17, 15) is 0 Å². The van der Waals surface area contributed by atoms with Crippen LogP contribution in [0.5, 0.6) is 0 Å². The molecule has 0 aliphatic heterocycles. The minimum atomic E-state index is 0.276. The van der Waals surface area contributed by atoms with Crippen molar-refractivity contribution < 1.29 is 4.74 Å². The van der Waals surface area contributed by atoms with E-state index in [0.717, 1.165) is 13.1 Å². The zero-order valence-corrected chi connectivity index (χ0v) is 9.08. The topological polar surface area (TPSA) is 50.8 Å². The maximum atomic E-state index is 5.66. The number of nitrogens with two attached hydrogens (primary N) is 1. The van der Waals surface area contributed by atoms with Gasteiger partial charge in [-0.2, -0.15) is 0 Å². The smallest absolute Gasteiger partial charge is 0.191 e. The maximum absolute atomic E-state index is 5.66. The Morgan fingerprint density at radius 1 is 1.54 bits per heavy atom. The molecule has 0 radical (unpaired) electrons. The molecular weight excluding hydrogens is 166 g/mol. The fourth-order valence-electron chi connectivity index (χ4n) is 0.823. The lowest BCUT2D eigenvalue weighted by Gasteiger charge is -2.18. The van der Waals surface area contributed by atoms with Crippen molar-refractivity contribution in [1.29, 1.82) is 0 Å². The van der Waals surface area contributed by atoms with Crippen molar-refractivity contribution in [2.75, 3.05) is 26.7 Å². The Morgan fingerprint density at radius 3 is 2.62 bits per heavy atom. The number of rotatable bonds is 5. The van der Waals surface area contributed by atoms with Gasteiger partial charge in [0.05, 0.1) is 12.7 Å². The molecule has 78 valence electrons. The van der Waals surface area contributed by atoms with Gasteiger partial charge in [0, 0.05) is 20.1 Å². The molecule has 4 heteroatoms. The SMILES string of the molecule is CCN=C(N)N(C)CCOC(C)C. The predicted molar refractivity (Wildman–Crippen MR) is 55.9 cm³/mol. The van der Waals surface area contributed by atoms with Crippen LogP contribution in [0.15, 0.2) is 4.99 Å². The molecule has 0 rings (SSSR count). The highest BCUT2D eigenvalue weighted by atomic mass is 16.5. The van der Waals surface area contributed by atoms with Crippen LogP contribution in [0.3, 0.4) is 0 Å². The Labute approximate surface area is 80.8 Å². The average molecular weight is 187 g/mol. The van der Waals surface area contributed by atoms with Crippen LogP contribution in [0.1, 0.15) is 20.8 Å². The first-order valence-corrected chi connectivity index (χ1v) is 4.70. The van der Waals surface area contributed by atoms with Gasteiger partial charge in [0.1, 0.15) is 0 Å². The first-order valence-electron chi connectivity index (χ1n) is 4.70. The molecule has 4 nitrogen and oxygen atoms in total. The highest BCUT2D eigenvalue weighted by Gasteiger charge is 2.01. The molecule has 0 amide bonds. The summed E-state index contributed by atoms with van der Waals surface area (Å²) >= 11 is 0. The van der Waals surface area contributed by atoms with Crippen LogP contribution < -0.4 is 5.73 Å². The molecule has 0 spiro atoms. The van der Waals surface area contributed by atoms with E-state index in [2.05, 4.69) is 4.99 Å². The van der Waals surface area contributed by atoms with Crippen LogP contribution in [0.2, 0.25) is 0 Å². The van der Waals surface area contributed by atoms with Gasteiger partial charge in [-0.25, -0.2) is 0 Å². The number of hydrogen-bond acceptors (Lipinski definition) is 2. The molecule has 0 aliphatic carbocycles. The molecule has 0 saturated heterocycles. The summed E-state index contributed by atoms with van der Waals surface area (Å²) in [4.78, 5) is 5.98. The van der Waals surface area contributed by atoms with E-state index in [1.165, 1.54) is 0 Å². The minimum Gasteiger partial charge on any atom is -0.377 e. The Morgan fingerprint density at radius 2 is 2.15 bits per heavy atom. The fourth-order valence-corrected chi connectivity index (χ4v) is 0.823. The summed E-state index contributed by atoms with van der Waals surface area (Å²) in [5.41, 5.74) is 5.66. The van der Waals surface area contributed by atoms with Crippen molar-refractivity contribution in [3.63, 3.8) is 0 Å². The van der Waals surface area contributed by atoms with E-state index in [-0.39, 0.29) is 6.10 Å². The zero-order valence-electron chi connectivity index (χ0n) is 9.08. The standard InChI is InChI=1S/C9H21N3O/c1-5-11-9(10)12(4)6-7-13-8(2)3/h8H,5-7H2,1-4H3,(H2,10,11). The van der Waals surface area contributed by atoms with Crippen molar-refractivity contribution in [3.8, 4) is 0 Å². The monoisotopic (exact) mass is 187 g/mol. The molecule has 0 aromatic heterocycles. The highest BCUT2D eigenvalue weighted by Crippen LogP contribution is 1.89. The largest absolute Gasteiger partial charge is 0.377 e. The molecule has 13 heavy (non-hydrogen) atoms. The number of nitrogens with zero attached hydrogens (tertiary/aromatic N) is 2. The molecule has 2 N–H and O–H groups in total. The molecule has 0 unspecified atom stereocenters. The Balaban J connectivity index is 3.61. The van der Waals surface area contributed by atoms with Gasteiger partial charge in [-0.3, -0.25) is 4.99 Å². The van der Waals surface area contributed by atoms with E-state index in [1.54, 1.807) is 0 Å². The van der Waals surface area contributed by atoms with Crippen LogP contribution in [-0.4, -0.2) is 43.7 Å². The van der Waals surface area contributed by atoms with Crippen molar-refractivity contribution in [3.05, 3.63) is 0 Å².